The second kappa shape index (κ2) is 7.98. The molecule has 0 radical (unpaired) electrons. The first-order valence-electron chi connectivity index (χ1n) is 8.93. The van der Waals surface area contributed by atoms with Gasteiger partial charge in [-0.1, -0.05) is 11.6 Å². The maximum absolute atomic E-state index is 12.4. The summed E-state index contributed by atoms with van der Waals surface area (Å²) in [5, 5.41) is 3.43. The highest BCUT2D eigenvalue weighted by Gasteiger charge is 2.31. The van der Waals surface area contributed by atoms with Gasteiger partial charge in [0.1, 0.15) is 5.75 Å². The molecule has 2 heterocycles. The van der Waals surface area contributed by atoms with E-state index in [4.69, 9.17) is 25.8 Å². The molecule has 1 unspecified atom stereocenters. The van der Waals surface area contributed by atoms with Gasteiger partial charge in [0.25, 0.3) is 5.91 Å². The Kier molecular flexibility index (Phi) is 5.25. The van der Waals surface area contributed by atoms with Gasteiger partial charge >= 0.3 is 0 Å². The summed E-state index contributed by atoms with van der Waals surface area (Å²) in [7, 11) is 0. The minimum absolute atomic E-state index is 0.0236. The molecule has 0 bridgehead atoms. The monoisotopic (exact) mass is 402 g/mol. The third-order valence-electron chi connectivity index (χ3n) is 4.64. The van der Waals surface area contributed by atoms with Gasteiger partial charge < -0.3 is 24.4 Å². The summed E-state index contributed by atoms with van der Waals surface area (Å²) in [6.07, 6.45) is 0.382. The quantitative estimate of drug-likeness (QED) is 0.803. The molecule has 146 valence electrons. The molecule has 7 nitrogen and oxygen atoms in total. The molecule has 0 spiro atoms. The van der Waals surface area contributed by atoms with E-state index >= 15 is 0 Å². The SMILES string of the molecule is O=C(COc1ccc(Cl)cc1)NCC1CC(=O)N(c2ccc3c(c2)OCO3)C1. The first-order valence-corrected chi connectivity index (χ1v) is 9.31. The lowest BCUT2D eigenvalue weighted by molar-refractivity contribution is -0.123. The maximum atomic E-state index is 12.4. The first kappa shape index (κ1) is 18.4. The Bertz CT molecular complexity index is 887. The van der Waals surface area contributed by atoms with Crippen molar-refractivity contribution in [1.29, 1.82) is 0 Å². The van der Waals surface area contributed by atoms with Crippen molar-refractivity contribution in [3.05, 3.63) is 47.5 Å². The lowest BCUT2D eigenvalue weighted by atomic mass is 10.1. The standard InChI is InChI=1S/C20H19ClN2O5/c21-14-1-4-16(5-2-14)26-11-19(24)22-9-13-7-20(25)23(10-13)15-3-6-17-18(8-15)28-12-27-17/h1-6,8,13H,7,9-12H2,(H,22,24). The molecule has 1 saturated heterocycles. The van der Waals surface area contributed by atoms with Crippen LogP contribution in [0.1, 0.15) is 6.42 Å². The average molecular weight is 403 g/mol. The number of hydrogen-bond acceptors (Lipinski definition) is 5. The van der Waals surface area contributed by atoms with Gasteiger partial charge in [0.05, 0.1) is 0 Å². The minimum atomic E-state index is -0.232. The topological polar surface area (TPSA) is 77.1 Å². The number of nitrogens with zero attached hydrogens (tertiary/aromatic N) is 1. The summed E-state index contributed by atoms with van der Waals surface area (Å²) >= 11 is 5.81. The fourth-order valence-corrected chi connectivity index (χ4v) is 3.34. The van der Waals surface area contributed by atoms with Gasteiger partial charge in [-0.15, -0.1) is 0 Å². The maximum Gasteiger partial charge on any atom is 0.257 e. The van der Waals surface area contributed by atoms with Crippen LogP contribution in [0.15, 0.2) is 42.5 Å². The van der Waals surface area contributed by atoms with Crippen molar-refractivity contribution in [3.8, 4) is 17.2 Å². The van der Waals surface area contributed by atoms with E-state index in [9.17, 15) is 9.59 Å². The van der Waals surface area contributed by atoms with Gasteiger partial charge in [-0.2, -0.15) is 0 Å². The van der Waals surface area contributed by atoms with Crippen LogP contribution in [0.4, 0.5) is 5.69 Å². The molecule has 2 aromatic rings. The molecule has 1 atom stereocenters. The van der Waals surface area contributed by atoms with Crippen LogP contribution in [-0.2, 0) is 9.59 Å². The van der Waals surface area contributed by atoms with E-state index in [1.165, 1.54) is 0 Å². The van der Waals surface area contributed by atoms with Gasteiger partial charge in [-0.25, -0.2) is 0 Å². The molecule has 2 aliphatic heterocycles. The number of carbonyl (C=O) groups excluding carboxylic acids is 2. The Labute approximate surface area is 167 Å². The van der Waals surface area contributed by atoms with E-state index in [2.05, 4.69) is 5.32 Å². The van der Waals surface area contributed by atoms with Crippen molar-refractivity contribution in [2.75, 3.05) is 31.4 Å². The van der Waals surface area contributed by atoms with Gasteiger partial charge in [0.15, 0.2) is 18.1 Å². The molecule has 2 amide bonds. The minimum Gasteiger partial charge on any atom is -0.484 e. The highest BCUT2D eigenvalue weighted by Crippen LogP contribution is 2.37. The number of fused-ring (bicyclic) bond motifs is 1. The van der Waals surface area contributed by atoms with Crippen LogP contribution in [0.3, 0.4) is 0 Å². The third-order valence-corrected chi connectivity index (χ3v) is 4.90. The van der Waals surface area contributed by atoms with Crippen LogP contribution in [0, 0.1) is 5.92 Å². The van der Waals surface area contributed by atoms with Crippen LogP contribution >= 0.6 is 11.6 Å². The van der Waals surface area contributed by atoms with E-state index < -0.39 is 0 Å². The summed E-state index contributed by atoms with van der Waals surface area (Å²) < 4.78 is 16.1. The number of benzene rings is 2. The average Bonchev–Trinajstić information content (AvgIpc) is 3.31. The Morgan fingerprint density at radius 2 is 1.96 bits per heavy atom. The smallest absolute Gasteiger partial charge is 0.257 e. The van der Waals surface area contributed by atoms with Gasteiger partial charge in [-0.3, -0.25) is 9.59 Å². The summed E-state index contributed by atoms with van der Waals surface area (Å²) in [6, 6.07) is 12.2. The third kappa shape index (κ3) is 4.14. The summed E-state index contributed by atoms with van der Waals surface area (Å²) in [5.41, 5.74) is 0.772. The van der Waals surface area contributed by atoms with Crippen molar-refractivity contribution >= 4 is 29.1 Å². The molecule has 0 saturated carbocycles. The summed E-state index contributed by atoms with van der Waals surface area (Å²) in [4.78, 5) is 26.1. The Morgan fingerprint density at radius 1 is 1.18 bits per heavy atom. The fourth-order valence-electron chi connectivity index (χ4n) is 3.21. The van der Waals surface area contributed by atoms with Crippen molar-refractivity contribution in [2.45, 2.75) is 6.42 Å². The zero-order valence-corrected chi connectivity index (χ0v) is 15.8. The second-order valence-corrected chi connectivity index (χ2v) is 7.10. The molecule has 0 aromatic heterocycles. The molecule has 2 aromatic carbocycles. The highest BCUT2D eigenvalue weighted by molar-refractivity contribution is 6.30. The number of hydrogen-bond donors (Lipinski definition) is 1. The molecular formula is C20H19ClN2O5. The van der Waals surface area contributed by atoms with Crippen LogP contribution in [0.25, 0.3) is 0 Å². The molecule has 1 fully saturated rings. The van der Waals surface area contributed by atoms with E-state index in [1.807, 2.05) is 6.07 Å². The zero-order valence-electron chi connectivity index (χ0n) is 15.0. The summed E-state index contributed by atoms with van der Waals surface area (Å²) in [5.74, 6) is 1.72. The van der Waals surface area contributed by atoms with Crippen molar-refractivity contribution in [3.63, 3.8) is 0 Å². The Hall–Kier alpha value is -2.93. The van der Waals surface area contributed by atoms with Crippen LogP contribution in [0.2, 0.25) is 5.02 Å². The van der Waals surface area contributed by atoms with Gasteiger partial charge in [0.2, 0.25) is 12.7 Å². The van der Waals surface area contributed by atoms with E-state index in [-0.39, 0.29) is 31.1 Å². The second-order valence-electron chi connectivity index (χ2n) is 6.66. The zero-order chi connectivity index (χ0) is 19.5. The lowest BCUT2D eigenvalue weighted by Gasteiger charge is -2.17. The number of nitrogens with one attached hydrogen (secondary N) is 1. The molecule has 1 N–H and O–H groups in total. The summed E-state index contributed by atoms with van der Waals surface area (Å²) in [6.45, 7) is 1.06. The molecule has 0 aliphatic carbocycles. The normalized spacial score (nSPS) is 17.7. The predicted octanol–water partition coefficient (Wildman–Crippen LogP) is 2.62. The van der Waals surface area contributed by atoms with Crippen LogP contribution < -0.4 is 24.4 Å². The fraction of sp³-hybridized carbons (Fsp3) is 0.300. The van der Waals surface area contributed by atoms with E-state index in [0.29, 0.717) is 41.8 Å². The van der Waals surface area contributed by atoms with Crippen molar-refractivity contribution < 1.29 is 23.8 Å². The molecule has 8 heteroatoms. The Morgan fingerprint density at radius 3 is 2.79 bits per heavy atom. The molecular weight excluding hydrogens is 384 g/mol. The number of anilines is 1. The number of halogens is 1. The largest absolute Gasteiger partial charge is 0.484 e. The molecule has 28 heavy (non-hydrogen) atoms. The van der Waals surface area contributed by atoms with E-state index in [0.717, 1.165) is 5.69 Å². The lowest BCUT2D eigenvalue weighted by Crippen LogP contribution is -2.34. The van der Waals surface area contributed by atoms with Gasteiger partial charge in [0, 0.05) is 42.2 Å². The highest BCUT2D eigenvalue weighted by atomic mass is 35.5. The molecule has 4 rings (SSSR count). The number of amides is 2. The number of ether oxygens (including phenoxy) is 3. The molecule has 2 aliphatic rings. The van der Waals surface area contributed by atoms with Crippen molar-refractivity contribution in [1.82, 2.24) is 5.32 Å². The number of rotatable bonds is 6. The predicted molar refractivity (Wildman–Crippen MR) is 103 cm³/mol. The number of carbonyl (C=O) groups is 2. The van der Waals surface area contributed by atoms with Crippen LogP contribution in [-0.4, -0.2) is 38.3 Å². The van der Waals surface area contributed by atoms with Crippen LogP contribution in [0.5, 0.6) is 17.2 Å². The van der Waals surface area contributed by atoms with Crippen molar-refractivity contribution in [2.24, 2.45) is 5.92 Å². The van der Waals surface area contributed by atoms with E-state index in [1.54, 1.807) is 41.3 Å². The first-order chi connectivity index (χ1) is 13.6. The Balaban J connectivity index is 1.26. The van der Waals surface area contributed by atoms with Gasteiger partial charge in [-0.05, 0) is 36.4 Å².